The molecule has 21 heavy (non-hydrogen) atoms. The van der Waals surface area contributed by atoms with E-state index in [0.717, 1.165) is 32.4 Å². The van der Waals surface area contributed by atoms with Gasteiger partial charge in [0.25, 0.3) is 5.91 Å². The molecule has 1 aliphatic heterocycles. The molecule has 0 spiro atoms. The monoisotopic (exact) mass is 288 g/mol. The van der Waals surface area contributed by atoms with Crippen LogP contribution >= 0.6 is 0 Å². The molecule has 1 aromatic rings. The standard InChI is InChI=1S/C17H24N2O2/c20-16(18-13-17(21)9-4-10-17)14-5-7-15(8-6-14)19-11-2-1-3-12-19/h5-8,21H,1-4,9-13H2,(H,18,20). The summed E-state index contributed by atoms with van der Waals surface area (Å²) in [5.74, 6) is -0.0967. The number of rotatable bonds is 4. The summed E-state index contributed by atoms with van der Waals surface area (Å²) in [5.41, 5.74) is 1.20. The Labute approximate surface area is 126 Å². The zero-order chi connectivity index (χ0) is 14.7. The minimum Gasteiger partial charge on any atom is -0.388 e. The average Bonchev–Trinajstić information content (AvgIpc) is 2.52. The first-order valence-electron chi connectivity index (χ1n) is 8.02. The minimum atomic E-state index is -0.663. The molecule has 1 saturated heterocycles. The van der Waals surface area contributed by atoms with Gasteiger partial charge in [-0.25, -0.2) is 0 Å². The molecule has 3 rings (SSSR count). The molecule has 0 atom stereocenters. The van der Waals surface area contributed by atoms with Crippen LogP contribution in [0.5, 0.6) is 0 Å². The number of anilines is 1. The van der Waals surface area contributed by atoms with Gasteiger partial charge < -0.3 is 15.3 Å². The fraction of sp³-hybridized carbons (Fsp3) is 0.588. The van der Waals surface area contributed by atoms with Crippen LogP contribution in [0.25, 0.3) is 0 Å². The van der Waals surface area contributed by atoms with Crippen LogP contribution in [-0.2, 0) is 0 Å². The Kier molecular flexibility index (Phi) is 4.15. The summed E-state index contributed by atoms with van der Waals surface area (Å²) in [6.07, 6.45) is 6.46. The number of nitrogens with one attached hydrogen (secondary N) is 1. The van der Waals surface area contributed by atoms with Crippen LogP contribution < -0.4 is 10.2 Å². The highest BCUT2D eigenvalue weighted by atomic mass is 16.3. The lowest BCUT2D eigenvalue weighted by Crippen LogP contribution is -2.47. The molecule has 0 aromatic heterocycles. The molecule has 0 unspecified atom stereocenters. The number of aliphatic hydroxyl groups is 1. The van der Waals surface area contributed by atoms with Gasteiger partial charge in [0.05, 0.1) is 5.60 Å². The smallest absolute Gasteiger partial charge is 0.251 e. The summed E-state index contributed by atoms with van der Waals surface area (Å²) in [5, 5.41) is 12.8. The predicted molar refractivity (Wildman–Crippen MR) is 83.6 cm³/mol. The lowest BCUT2D eigenvalue weighted by molar-refractivity contribution is -0.0300. The van der Waals surface area contributed by atoms with E-state index in [9.17, 15) is 9.90 Å². The summed E-state index contributed by atoms with van der Waals surface area (Å²) in [4.78, 5) is 14.5. The molecule has 2 fully saturated rings. The molecule has 4 heteroatoms. The Balaban J connectivity index is 1.56. The van der Waals surface area contributed by atoms with Crippen molar-refractivity contribution >= 4 is 11.6 Å². The van der Waals surface area contributed by atoms with Crippen LogP contribution in [-0.4, -0.2) is 36.2 Å². The molecule has 1 aromatic carbocycles. The summed E-state index contributed by atoms with van der Waals surface area (Å²) >= 11 is 0. The third-order valence-electron chi connectivity index (χ3n) is 4.71. The van der Waals surface area contributed by atoms with E-state index < -0.39 is 5.60 Å². The van der Waals surface area contributed by atoms with Crippen molar-refractivity contribution in [3.63, 3.8) is 0 Å². The Morgan fingerprint density at radius 2 is 1.76 bits per heavy atom. The zero-order valence-electron chi connectivity index (χ0n) is 12.5. The third kappa shape index (κ3) is 3.38. The van der Waals surface area contributed by atoms with Crippen molar-refractivity contribution in [1.29, 1.82) is 0 Å². The van der Waals surface area contributed by atoms with Crippen LogP contribution in [0, 0.1) is 0 Å². The summed E-state index contributed by atoms with van der Waals surface area (Å²) < 4.78 is 0. The van der Waals surface area contributed by atoms with E-state index in [1.165, 1.54) is 24.9 Å². The van der Waals surface area contributed by atoms with Crippen LogP contribution in [0.3, 0.4) is 0 Å². The van der Waals surface area contributed by atoms with Crippen molar-refractivity contribution in [3.8, 4) is 0 Å². The summed E-state index contributed by atoms with van der Waals surface area (Å²) in [6, 6.07) is 7.81. The second-order valence-electron chi connectivity index (χ2n) is 6.36. The van der Waals surface area contributed by atoms with Crippen molar-refractivity contribution in [1.82, 2.24) is 5.32 Å². The van der Waals surface area contributed by atoms with Crippen LogP contribution in [0.2, 0.25) is 0 Å². The van der Waals surface area contributed by atoms with E-state index in [2.05, 4.69) is 10.2 Å². The van der Waals surface area contributed by atoms with Gasteiger partial charge in [-0.3, -0.25) is 4.79 Å². The minimum absolute atomic E-state index is 0.0967. The average molecular weight is 288 g/mol. The lowest BCUT2D eigenvalue weighted by atomic mass is 9.80. The maximum absolute atomic E-state index is 12.1. The first-order valence-corrected chi connectivity index (χ1v) is 8.02. The van der Waals surface area contributed by atoms with E-state index in [-0.39, 0.29) is 5.91 Å². The van der Waals surface area contributed by atoms with Gasteiger partial charge in [-0.1, -0.05) is 0 Å². The molecule has 1 saturated carbocycles. The van der Waals surface area contributed by atoms with Gasteiger partial charge >= 0.3 is 0 Å². The number of nitrogens with zero attached hydrogens (tertiary/aromatic N) is 1. The zero-order valence-corrected chi connectivity index (χ0v) is 12.5. The lowest BCUT2D eigenvalue weighted by Gasteiger charge is -2.36. The SMILES string of the molecule is O=C(NCC1(O)CCC1)c1ccc(N2CCCCC2)cc1. The Morgan fingerprint density at radius 1 is 1.10 bits per heavy atom. The molecule has 0 radical (unpaired) electrons. The number of amides is 1. The molecule has 1 aliphatic carbocycles. The van der Waals surface area contributed by atoms with Crippen molar-refractivity contribution in [2.75, 3.05) is 24.5 Å². The topological polar surface area (TPSA) is 52.6 Å². The number of piperidine rings is 1. The molecule has 114 valence electrons. The Morgan fingerprint density at radius 3 is 2.33 bits per heavy atom. The molecule has 2 aliphatic rings. The molecule has 4 nitrogen and oxygen atoms in total. The van der Waals surface area contributed by atoms with E-state index >= 15 is 0 Å². The second kappa shape index (κ2) is 6.06. The highest BCUT2D eigenvalue weighted by molar-refractivity contribution is 5.94. The van der Waals surface area contributed by atoms with Gasteiger partial charge in [-0.15, -0.1) is 0 Å². The summed E-state index contributed by atoms with van der Waals surface area (Å²) in [6.45, 7) is 2.58. The highest BCUT2D eigenvalue weighted by Crippen LogP contribution is 2.30. The molecular weight excluding hydrogens is 264 g/mol. The first kappa shape index (κ1) is 14.4. The van der Waals surface area contributed by atoms with Crippen LogP contribution in [0.4, 0.5) is 5.69 Å². The van der Waals surface area contributed by atoms with Crippen molar-refractivity contribution in [2.45, 2.75) is 44.1 Å². The van der Waals surface area contributed by atoms with E-state index in [1.54, 1.807) is 0 Å². The second-order valence-corrected chi connectivity index (χ2v) is 6.36. The van der Waals surface area contributed by atoms with Gasteiger partial charge in [0, 0.05) is 30.9 Å². The molecule has 1 amide bonds. The normalized spacial score (nSPS) is 20.7. The molecule has 0 bridgehead atoms. The fourth-order valence-electron chi connectivity index (χ4n) is 3.08. The van der Waals surface area contributed by atoms with Gasteiger partial charge in [0.1, 0.15) is 0 Å². The van der Waals surface area contributed by atoms with Crippen LogP contribution in [0.1, 0.15) is 48.9 Å². The Hall–Kier alpha value is -1.55. The Bertz CT molecular complexity index is 488. The quantitative estimate of drug-likeness (QED) is 0.894. The van der Waals surface area contributed by atoms with Crippen molar-refractivity contribution < 1.29 is 9.90 Å². The van der Waals surface area contributed by atoms with Crippen molar-refractivity contribution in [3.05, 3.63) is 29.8 Å². The molecule has 2 N–H and O–H groups in total. The number of benzene rings is 1. The highest BCUT2D eigenvalue weighted by Gasteiger charge is 2.34. The van der Waals surface area contributed by atoms with Gasteiger partial charge in [0.2, 0.25) is 0 Å². The number of hydrogen-bond acceptors (Lipinski definition) is 3. The number of carbonyl (C=O) groups is 1. The van der Waals surface area contributed by atoms with Gasteiger partial charge in [-0.05, 0) is 62.8 Å². The first-order chi connectivity index (χ1) is 10.2. The molecular formula is C17H24N2O2. The van der Waals surface area contributed by atoms with Crippen LogP contribution in [0.15, 0.2) is 24.3 Å². The largest absolute Gasteiger partial charge is 0.388 e. The fourth-order valence-corrected chi connectivity index (χ4v) is 3.08. The van der Waals surface area contributed by atoms with Crippen molar-refractivity contribution in [2.24, 2.45) is 0 Å². The van der Waals surface area contributed by atoms with E-state index in [4.69, 9.17) is 0 Å². The number of hydrogen-bond donors (Lipinski definition) is 2. The summed E-state index contributed by atoms with van der Waals surface area (Å²) in [7, 11) is 0. The van der Waals surface area contributed by atoms with E-state index in [0.29, 0.717) is 12.1 Å². The van der Waals surface area contributed by atoms with Gasteiger partial charge in [-0.2, -0.15) is 0 Å². The predicted octanol–water partition coefficient (Wildman–Crippen LogP) is 2.32. The maximum atomic E-state index is 12.1. The third-order valence-corrected chi connectivity index (χ3v) is 4.71. The number of carbonyl (C=O) groups excluding carboxylic acids is 1. The maximum Gasteiger partial charge on any atom is 0.251 e. The van der Waals surface area contributed by atoms with E-state index in [1.807, 2.05) is 24.3 Å². The molecule has 1 heterocycles. The van der Waals surface area contributed by atoms with Gasteiger partial charge in [0.15, 0.2) is 0 Å².